The van der Waals surface area contributed by atoms with Crippen molar-refractivity contribution in [2.24, 2.45) is 0 Å². The van der Waals surface area contributed by atoms with E-state index in [1.165, 1.54) is 18.4 Å². The second-order valence-corrected chi connectivity index (χ2v) is 6.33. The Morgan fingerprint density at radius 3 is 2.70 bits per heavy atom. The van der Waals surface area contributed by atoms with Crippen molar-refractivity contribution in [3.8, 4) is 5.75 Å². The summed E-state index contributed by atoms with van der Waals surface area (Å²) in [6, 6.07) is 5.99. The fourth-order valence-corrected chi connectivity index (χ4v) is 3.32. The van der Waals surface area contributed by atoms with Crippen molar-refractivity contribution in [3.05, 3.63) is 29.3 Å². The van der Waals surface area contributed by atoms with E-state index in [1.807, 2.05) is 26.0 Å². The number of Topliss-reactive ketones (excluding diaryl/α,β-unsaturated/α-hetero) is 1. The van der Waals surface area contributed by atoms with E-state index in [4.69, 9.17) is 4.74 Å². The first-order valence-electron chi connectivity index (χ1n) is 7.65. The highest BCUT2D eigenvalue weighted by molar-refractivity contribution is 6.05. The first kappa shape index (κ1) is 13.6. The van der Waals surface area contributed by atoms with E-state index in [-0.39, 0.29) is 5.78 Å². The minimum absolute atomic E-state index is 0.193. The van der Waals surface area contributed by atoms with Gasteiger partial charge in [0.05, 0.1) is 17.7 Å². The number of ketones is 1. The fourth-order valence-electron chi connectivity index (χ4n) is 3.32. The highest BCUT2D eigenvalue weighted by Crippen LogP contribution is 2.33. The maximum atomic E-state index is 13.0. The lowest BCUT2D eigenvalue weighted by Gasteiger charge is -2.34. The normalized spacial score (nSPS) is 19.5. The lowest BCUT2D eigenvalue weighted by molar-refractivity contribution is 0.0697. The average Bonchev–Trinajstić information content (AvgIpc) is 3.01. The van der Waals surface area contributed by atoms with Gasteiger partial charge in [-0.1, -0.05) is 12.1 Å². The summed E-state index contributed by atoms with van der Waals surface area (Å²) in [5, 5.41) is 0. The van der Waals surface area contributed by atoms with Crippen LogP contribution in [0.3, 0.4) is 0 Å². The minimum atomic E-state index is -0.438. The molecule has 0 radical (unpaired) electrons. The summed E-state index contributed by atoms with van der Waals surface area (Å²) in [6.07, 6.45) is 4.45. The Morgan fingerprint density at radius 1 is 1.20 bits per heavy atom. The fraction of sp³-hybridized carbons (Fsp3) is 0.588. The number of fused-ring (bicyclic) bond motifs is 1. The molecule has 20 heavy (non-hydrogen) atoms. The lowest BCUT2D eigenvalue weighted by Crippen LogP contribution is -2.48. The van der Waals surface area contributed by atoms with E-state index in [1.54, 1.807) is 0 Å². The van der Waals surface area contributed by atoms with E-state index < -0.39 is 5.54 Å². The summed E-state index contributed by atoms with van der Waals surface area (Å²) < 4.78 is 5.79. The maximum absolute atomic E-state index is 13.0. The SMILES string of the molecule is CC(C)(C(=O)c1cccc2c1OCCC2)N1CCCC1. The highest BCUT2D eigenvalue weighted by atomic mass is 16.5. The molecule has 108 valence electrons. The van der Waals surface area contributed by atoms with Crippen LogP contribution >= 0.6 is 0 Å². The van der Waals surface area contributed by atoms with Gasteiger partial charge in [-0.3, -0.25) is 9.69 Å². The smallest absolute Gasteiger partial charge is 0.186 e. The molecule has 1 aromatic rings. The molecule has 3 heteroatoms. The molecule has 1 saturated heterocycles. The van der Waals surface area contributed by atoms with Crippen LogP contribution in [0.2, 0.25) is 0 Å². The van der Waals surface area contributed by atoms with Crippen molar-refractivity contribution in [2.75, 3.05) is 19.7 Å². The van der Waals surface area contributed by atoms with Gasteiger partial charge in [0.2, 0.25) is 0 Å². The largest absolute Gasteiger partial charge is 0.493 e. The van der Waals surface area contributed by atoms with Gasteiger partial charge in [0.15, 0.2) is 5.78 Å². The third kappa shape index (κ3) is 2.24. The third-order valence-corrected chi connectivity index (χ3v) is 4.63. The third-order valence-electron chi connectivity index (χ3n) is 4.63. The zero-order valence-corrected chi connectivity index (χ0v) is 12.4. The molecule has 0 bridgehead atoms. The molecule has 1 fully saturated rings. The molecule has 0 aromatic heterocycles. The standard InChI is InChI=1S/C17H23NO2/c1-17(2,18-10-3-4-11-18)16(19)14-9-5-7-13-8-6-12-20-15(13)14/h5,7,9H,3-4,6,8,10-12H2,1-2H3. The predicted molar refractivity (Wildman–Crippen MR) is 79.5 cm³/mol. The van der Waals surface area contributed by atoms with Crippen LogP contribution in [0.1, 0.15) is 49.0 Å². The average molecular weight is 273 g/mol. The minimum Gasteiger partial charge on any atom is -0.493 e. The van der Waals surface area contributed by atoms with Crippen molar-refractivity contribution in [1.29, 1.82) is 0 Å². The predicted octanol–water partition coefficient (Wildman–Crippen LogP) is 3.07. The van der Waals surface area contributed by atoms with Crippen LogP contribution in [0, 0.1) is 0 Å². The Bertz CT molecular complexity index is 516. The number of aryl methyl sites for hydroxylation is 1. The number of ether oxygens (including phenoxy) is 1. The van der Waals surface area contributed by atoms with E-state index in [9.17, 15) is 4.79 Å². The van der Waals surface area contributed by atoms with E-state index in [0.717, 1.165) is 43.9 Å². The number of benzene rings is 1. The molecule has 0 saturated carbocycles. The van der Waals surface area contributed by atoms with Crippen molar-refractivity contribution in [3.63, 3.8) is 0 Å². The van der Waals surface area contributed by atoms with Gasteiger partial charge in [0.1, 0.15) is 5.75 Å². The van der Waals surface area contributed by atoms with Crippen LogP contribution in [0.15, 0.2) is 18.2 Å². The maximum Gasteiger partial charge on any atom is 0.186 e. The topological polar surface area (TPSA) is 29.5 Å². The molecule has 0 unspecified atom stereocenters. The van der Waals surface area contributed by atoms with Crippen LogP contribution in [0.4, 0.5) is 0 Å². The molecule has 0 N–H and O–H groups in total. The zero-order valence-electron chi connectivity index (χ0n) is 12.4. The molecule has 0 aliphatic carbocycles. The summed E-state index contributed by atoms with van der Waals surface area (Å²) in [6.45, 7) is 6.86. The molecule has 2 aliphatic rings. The summed E-state index contributed by atoms with van der Waals surface area (Å²) in [4.78, 5) is 15.3. The van der Waals surface area contributed by atoms with Crippen LogP contribution in [-0.4, -0.2) is 35.9 Å². The first-order valence-corrected chi connectivity index (χ1v) is 7.65. The number of hydrogen-bond acceptors (Lipinski definition) is 3. The summed E-state index contributed by atoms with van der Waals surface area (Å²) in [7, 11) is 0. The van der Waals surface area contributed by atoms with E-state index >= 15 is 0 Å². The molecule has 3 rings (SSSR count). The molecule has 0 spiro atoms. The molecular formula is C17H23NO2. The van der Waals surface area contributed by atoms with E-state index in [2.05, 4.69) is 11.0 Å². The first-order chi connectivity index (χ1) is 9.60. The van der Waals surface area contributed by atoms with Crippen molar-refractivity contribution >= 4 is 5.78 Å². The number of nitrogens with zero attached hydrogens (tertiary/aromatic N) is 1. The van der Waals surface area contributed by atoms with Gasteiger partial charge in [-0.25, -0.2) is 0 Å². The Labute approximate surface area is 120 Å². The van der Waals surface area contributed by atoms with Gasteiger partial charge in [0, 0.05) is 0 Å². The van der Waals surface area contributed by atoms with Crippen LogP contribution in [-0.2, 0) is 6.42 Å². The van der Waals surface area contributed by atoms with Crippen molar-refractivity contribution in [2.45, 2.75) is 45.1 Å². The van der Waals surface area contributed by atoms with Crippen LogP contribution < -0.4 is 4.74 Å². The molecule has 2 aliphatic heterocycles. The Balaban J connectivity index is 1.94. The van der Waals surface area contributed by atoms with Gasteiger partial charge in [-0.2, -0.15) is 0 Å². The second kappa shape index (κ2) is 5.21. The van der Waals surface area contributed by atoms with Crippen molar-refractivity contribution in [1.82, 2.24) is 4.90 Å². The number of para-hydroxylation sites is 1. The summed E-state index contributed by atoms with van der Waals surface area (Å²) in [5.74, 6) is 1.02. The van der Waals surface area contributed by atoms with Gasteiger partial charge < -0.3 is 4.74 Å². The zero-order chi connectivity index (χ0) is 14.2. The molecule has 1 aromatic carbocycles. The number of carbonyl (C=O) groups excluding carboxylic acids is 1. The number of hydrogen-bond donors (Lipinski definition) is 0. The Hall–Kier alpha value is -1.35. The van der Waals surface area contributed by atoms with Gasteiger partial charge in [-0.15, -0.1) is 0 Å². The molecular weight excluding hydrogens is 250 g/mol. The summed E-state index contributed by atoms with van der Waals surface area (Å²) in [5.41, 5.74) is 1.50. The molecule has 2 heterocycles. The number of likely N-dealkylation sites (tertiary alicyclic amines) is 1. The lowest BCUT2D eigenvalue weighted by atomic mass is 9.89. The number of rotatable bonds is 3. The monoisotopic (exact) mass is 273 g/mol. The highest BCUT2D eigenvalue weighted by Gasteiger charge is 2.38. The van der Waals surface area contributed by atoms with Crippen LogP contribution in [0.5, 0.6) is 5.75 Å². The molecule has 0 amide bonds. The van der Waals surface area contributed by atoms with E-state index in [0.29, 0.717) is 0 Å². The quantitative estimate of drug-likeness (QED) is 0.793. The Kier molecular flexibility index (Phi) is 3.55. The molecule has 3 nitrogen and oxygen atoms in total. The summed E-state index contributed by atoms with van der Waals surface area (Å²) >= 11 is 0. The Morgan fingerprint density at radius 2 is 1.95 bits per heavy atom. The van der Waals surface area contributed by atoms with Gasteiger partial charge in [-0.05, 0) is 64.3 Å². The van der Waals surface area contributed by atoms with Crippen LogP contribution in [0.25, 0.3) is 0 Å². The van der Waals surface area contributed by atoms with Gasteiger partial charge >= 0.3 is 0 Å². The number of carbonyl (C=O) groups is 1. The van der Waals surface area contributed by atoms with Gasteiger partial charge in [0.25, 0.3) is 0 Å². The second-order valence-electron chi connectivity index (χ2n) is 6.33. The van der Waals surface area contributed by atoms with Crippen molar-refractivity contribution < 1.29 is 9.53 Å². The molecule has 0 atom stereocenters.